The molecule has 2 aromatic rings. The van der Waals surface area contributed by atoms with Gasteiger partial charge in [-0.05, 0) is 30.4 Å². The SMILES string of the molecule is CC(C)C[C@H](NC(=O)[C@H](Cc1ccccc1)NC(=O)CNC(=O)[C@H](NC(=O)[C@H](Cc1ccccc1)NC(=O)CN)[C@H](C)O)C(=O)N[C@@H](CO[C@H]1O[C@@H](CO)[C@H](O)[C@@H](O)[C@@H]1O)C(N)=O. The second-order valence-electron chi connectivity index (χ2n) is 15.5. The fourth-order valence-electron chi connectivity index (χ4n) is 6.39. The van der Waals surface area contributed by atoms with Crippen molar-refractivity contribution in [2.45, 2.75) is 107 Å². The first-order valence-electron chi connectivity index (χ1n) is 20.3. The molecular formula is C41H60N8O14. The van der Waals surface area contributed by atoms with Crippen LogP contribution in [-0.2, 0) is 55.9 Å². The minimum atomic E-state index is -1.80. The minimum absolute atomic E-state index is 0.0329. The van der Waals surface area contributed by atoms with Crippen LogP contribution in [-0.4, -0.2) is 160 Å². The molecule has 3 rings (SSSR count). The first-order valence-corrected chi connectivity index (χ1v) is 20.3. The molecule has 0 spiro atoms. The van der Waals surface area contributed by atoms with Gasteiger partial charge in [0.1, 0.15) is 54.6 Å². The first kappa shape index (κ1) is 51.8. The quantitative estimate of drug-likeness (QED) is 0.0468. The highest BCUT2D eigenvalue weighted by molar-refractivity contribution is 5.96. The van der Waals surface area contributed by atoms with Gasteiger partial charge < -0.3 is 78.4 Å². The van der Waals surface area contributed by atoms with Gasteiger partial charge >= 0.3 is 0 Å². The zero-order valence-electron chi connectivity index (χ0n) is 35.2. The fraction of sp³-hybridized carbons (Fsp3) is 0.537. The van der Waals surface area contributed by atoms with Crippen molar-refractivity contribution in [3.05, 3.63) is 71.8 Å². The first-order chi connectivity index (χ1) is 29.8. The number of nitrogens with two attached hydrogens (primary N) is 2. The lowest BCUT2D eigenvalue weighted by atomic mass is 9.99. The Balaban J connectivity index is 1.71. The highest BCUT2D eigenvalue weighted by atomic mass is 16.7. The number of aliphatic hydroxyl groups excluding tert-OH is 5. The lowest BCUT2D eigenvalue weighted by molar-refractivity contribution is -0.301. The predicted molar refractivity (Wildman–Crippen MR) is 222 cm³/mol. The number of aliphatic hydroxyl groups is 5. The molecule has 1 aliphatic heterocycles. The monoisotopic (exact) mass is 888 g/mol. The summed E-state index contributed by atoms with van der Waals surface area (Å²) in [7, 11) is 0. The van der Waals surface area contributed by atoms with Crippen LogP contribution in [0.2, 0.25) is 0 Å². The average Bonchev–Trinajstić information content (AvgIpc) is 3.25. The number of nitrogens with one attached hydrogen (secondary N) is 6. The van der Waals surface area contributed by atoms with E-state index in [0.717, 1.165) is 0 Å². The van der Waals surface area contributed by atoms with E-state index in [0.29, 0.717) is 11.1 Å². The van der Waals surface area contributed by atoms with Crippen molar-refractivity contribution < 1.29 is 68.6 Å². The van der Waals surface area contributed by atoms with Crippen LogP contribution in [0.25, 0.3) is 0 Å². The van der Waals surface area contributed by atoms with E-state index in [1.54, 1.807) is 74.5 Å². The maximum atomic E-state index is 13.9. The average molecular weight is 889 g/mol. The Morgan fingerprint density at radius 1 is 0.683 bits per heavy atom. The van der Waals surface area contributed by atoms with E-state index in [1.807, 2.05) is 0 Å². The maximum Gasteiger partial charge on any atom is 0.245 e. The Hall–Kier alpha value is -5.59. The van der Waals surface area contributed by atoms with Crippen LogP contribution in [0, 0.1) is 5.92 Å². The zero-order valence-corrected chi connectivity index (χ0v) is 35.2. The summed E-state index contributed by atoms with van der Waals surface area (Å²) in [5.41, 5.74) is 12.2. The van der Waals surface area contributed by atoms with Crippen LogP contribution in [0.1, 0.15) is 38.3 Å². The van der Waals surface area contributed by atoms with Gasteiger partial charge in [0.2, 0.25) is 41.4 Å². The lowest BCUT2D eigenvalue weighted by Gasteiger charge is -2.39. The van der Waals surface area contributed by atoms with E-state index in [9.17, 15) is 59.1 Å². The molecule has 1 aliphatic rings. The van der Waals surface area contributed by atoms with Crippen LogP contribution in [0.3, 0.4) is 0 Å². The molecule has 1 saturated heterocycles. The topological polar surface area (TPSA) is 363 Å². The number of hydrogen-bond acceptors (Lipinski definition) is 15. The number of primary amides is 1. The van der Waals surface area contributed by atoms with Gasteiger partial charge in [0.25, 0.3) is 0 Å². The Bertz CT molecular complexity index is 1820. The third kappa shape index (κ3) is 16.6. The molecule has 0 aliphatic carbocycles. The second kappa shape index (κ2) is 25.5. The molecule has 0 saturated carbocycles. The number of rotatable bonds is 24. The summed E-state index contributed by atoms with van der Waals surface area (Å²) < 4.78 is 10.7. The fourth-order valence-corrected chi connectivity index (χ4v) is 6.39. The number of ether oxygens (including phenoxy) is 2. The van der Waals surface area contributed by atoms with Crippen LogP contribution in [0.15, 0.2) is 60.7 Å². The van der Waals surface area contributed by atoms with Crippen LogP contribution >= 0.6 is 0 Å². The second-order valence-corrected chi connectivity index (χ2v) is 15.5. The number of carbonyl (C=O) groups excluding carboxylic acids is 7. The summed E-state index contributed by atoms with van der Waals surface area (Å²) in [4.78, 5) is 92.0. The molecule has 0 bridgehead atoms. The molecule has 0 aromatic heterocycles. The maximum absolute atomic E-state index is 13.9. The zero-order chi connectivity index (χ0) is 46.8. The smallest absolute Gasteiger partial charge is 0.245 e. The van der Waals surface area contributed by atoms with E-state index in [1.165, 1.54) is 6.92 Å². The number of benzene rings is 2. The predicted octanol–water partition coefficient (Wildman–Crippen LogP) is -5.30. The van der Waals surface area contributed by atoms with Gasteiger partial charge in [-0.25, -0.2) is 0 Å². The largest absolute Gasteiger partial charge is 0.394 e. The van der Waals surface area contributed by atoms with Crippen LogP contribution in [0.5, 0.6) is 0 Å². The highest BCUT2D eigenvalue weighted by Gasteiger charge is 2.44. The van der Waals surface area contributed by atoms with Crippen molar-refractivity contribution in [2.75, 3.05) is 26.3 Å². The third-order valence-electron chi connectivity index (χ3n) is 9.82. The van der Waals surface area contributed by atoms with Gasteiger partial charge in [0.15, 0.2) is 6.29 Å². The lowest BCUT2D eigenvalue weighted by Crippen LogP contribution is -2.61. The molecule has 0 radical (unpaired) electrons. The standard InChI is InChI=1S/C41H60N8O14/c1-21(2)14-25(37(58)48-28(36(43)57)20-62-41-35(56)34(55)33(54)29(19-50)63-41)47-38(59)26(15-23-10-6-4-7-11-23)46-31(53)18-44-40(61)32(22(3)51)49-39(60)27(45-30(52)17-42)16-24-12-8-5-9-13-24/h4-13,21-22,25-29,32-35,41,50-51,54-56H,14-20,42H2,1-3H3,(H2,43,57)(H,44,61)(H,45,52)(H,46,53)(H,47,59)(H,48,58)(H,49,60)/t22-,25-,26-,27-,28-,29-,32+,33-,34+,35-,41-/m0/s1. The van der Waals surface area contributed by atoms with Gasteiger partial charge in [0, 0.05) is 12.8 Å². The molecule has 2 aromatic carbocycles. The van der Waals surface area contributed by atoms with Gasteiger partial charge in [-0.15, -0.1) is 0 Å². The highest BCUT2D eigenvalue weighted by Crippen LogP contribution is 2.22. The Kier molecular flexibility index (Phi) is 21.0. The van der Waals surface area contributed by atoms with Crippen molar-refractivity contribution >= 4 is 41.4 Å². The van der Waals surface area contributed by atoms with Crippen molar-refractivity contribution in [3.8, 4) is 0 Å². The molecule has 348 valence electrons. The number of hydrogen-bond donors (Lipinski definition) is 13. The summed E-state index contributed by atoms with van der Waals surface area (Å²) in [6, 6.07) is 10.3. The summed E-state index contributed by atoms with van der Waals surface area (Å²) in [6.07, 6.45) is -9.67. The van der Waals surface area contributed by atoms with Crippen LogP contribution in [0.4, 0.5) is 0 Å². The minimum Gasteiger partial charge on any atom is -0.394 e. The van der Waals surface area contributed by atoms with Gasteiger partial charge in [-0.3, -0.25) is 33.6 Å². The Labute approximate surface area is 363 Å². The molecule has 1 fully saturated rings. The molecule has 11 atom stereocenters. The molecule has 7 amide bonds. The van der Waals surface area contributed by atoms with Crippen LogP contribution < -0.4 is 43.4 Å². The van der Waals surface area contributed by atoms with E-state index in [-0.39, 0.29) is 25.2 Å². The summed E-state index contributed by atoms with van der Waals surface area (Å²) in [6.45, 7) is 2.19. The van der Waals surface area contributed by atoms with E-state index in [4.69, 9.17) is 20.9 Å². The molecular weight excluding hydrogens is 828 g/mol. The van der Waals surface area contributed by atoms with E-state index in [2.05, 4.69) is 31.9 Å². The Morgan fingerprint density at radius 3 is 1.68 bits per heavy atom. The Morgan fingerprint density at radius 2 is 1.19 bits per heavy atom. The molecule has 0 unspecified atom stereocenters. The molecule has 15 N–H and O–H groups in total. The number of carbonyl (C=O) groups is 7. The van der Waals surface area contributed by atoms with Gasteiger partial charge in [0.05, 0.1) is 32.4 Å². The van der Waals surface area contributed by atoms with Crippen molar-refractivity contribution in [1.82, 2.24) is 31.9 Å². The molecule has 1 heterocycles. The van der Waals surface area contributed by atoms with Crippen molar-refractivity contribution in [2.24, 2.45) is 17.4 Å². The normalized spacial score (nSPS) is 21.3. The van der Waals surface area contributed by atoms with E-state index < -0.39 is 135 Å². The van der Waals surface area contributed by atoms with E-state index >= 15 is 0 Å². The molecule has 63 heavy (non-hydrogen) atoms. The molecule has 22 nitrogen and oxygen atoms in total. The third-order valence-corrected chi connectivity index (χ3v) is 9.82. The summed E-state index contributed by atoms with van der Waals surface area (Å²) in [5, 5.41) is 65.1. The van der Waals surface area contributed by atoms with Gasteiger partial charge in [-0.2, -0.15) is 0 Å². The molecule has 22 heteroatoms. The van der Waals surface area contributed by atoms with Crippen molar-refractivity contribution in [1.29, 1.82) is 0 Å². The summed E-state index contributed by atoms with van der Waals surface area (Å²) in [5.74, 6) is -6.27. The summed E-state index contributed by atoms with van der Waals surface area (Å²) >= 11 is 0. The van der Waals surface area contributed by atoms with Crippen molar-refractivity contribution in [3.63, 3.8) is 0 Å². The number of amides is 7. The van der Waals surface area contributed by atoms with Gasteiger partial charge in [-0.1, -0.05) is 74.5 Å².